The zero-order valence-electron chi connectivity index (χ0n) is 13.3. The van der Waals surface area contributed by atoms with Crippen LogP contribution in [0.4, 0.5) is 0 Å². The molecule has 1 aliphatic heterocycles. The first-order chi connectivity index (χ1) is 10.6. The number of hydrogen-bond acceptors (Lipinski definition) is 5. The molecule has 3 heterocycles. The lowest BCUT2D eigenvalue weighted by Gasteiger charge is -2.27. The largest absolute Gasteiger partial charge is 0.390 e. The van der Waals surface area contributed by atoms with Gasteiger partial charge in [0.2, 0.25) is 0 Å². The van der Waals surface area contributed by atoms with Crippen LogP contribution in [0.5, 0.6) is 0 Å². The molecule has 2 atom stereocenters. The number of nitrogens with zero attached hydrogens (tertiary/aromatic N) is 6. The van der Waals surface area contributed by atoms with Crippen molar-refractivity contribution < 1.29 is 5.11 Å². The smallest absolute Gasteiger partial charge is 0.147 e. The third-order valence-corrected chi connectivity index (χ3v) is 4.25. The molecule has 2 aromatic heterocycles. The summed E-state index contributed by atoms with van der Waals surface area (Å²) in [7, 11) is 0. The molecule has 2 aromatic rings. The van der Waals surface area contributed by atoms with E-state index in [1.807, 2.05) is 30.8 Å². The normalized spacial score (nSPS) is 20.6. The molecule has 0 aliphatic carbocycles. The van der Waals surface area contributed by atoms with Gasteiger partial charge in [-0.3, -0.25) is 9.58 Å². The molecule has 1 aliphatic rings. The fraction of sp³-hybridized carbons (Fsp3) is 0.667. The minimum absolute atomic E-state index is 0.404. The molecule has 22 heavy (non-hydrogen) atoms. The number of aliphatic hydroxyl groups excluding tert-OH is 1. The summed E-state index contributed by atoms with van der Waals surface area (Å²) in [5.74, 6) is 1.78. The highest BCUT2D eigenvalue weighted by Crippen LogP contribution is 2.19. The molecule has 3 rings (SSSR count). The first-order valence-corrected chi connectivity index (χ1v) is 7.89. The molecule has 0 bridgehead atoms. The van der Waals surface area contributed by atoms with Gasteiger partial charge in [-0.05, 0) is 39.3 Å². The number of hydrogen-bond donors (Lipinski definition) is 1. The fourth-order valence-corrected chi connectivity index (χ4v) is 3.23. The zero-order valence-corrected chi connectivity index (χ0v) is 13.3. The maximum atomic E-state index is 10.3. The van der Waals surface area contributed by atoms with Crippen LogP contribution in [0.15, 0.2) is 18.5 Å². The monoisotopic (exact) mass is 304 g/mol. The van der Waals surface area contributed by atoms with Gasteiger partial charge in [-0.1, -0.05) is 0 Å². The third-order valence-electron chi connectivity index (χ3n) is 4.25. The fourth-order valence-electron chi connectivity index (χ4n) is 3.23. The highest BCUT2D eigenvalue weighted by atomic mass is 16.3. The van der Waals surface area contributed by atoms with E-state index in [9.17, 15) is 5.11 Å². The van der Waals surface area contributed by atoms with Crippen molar-refractivity contribution in [2.24, 2.45) is 0 Å². The molecule has 0 aromatic carbocycles. The lowest BCUT2D eigenvalue weighted by atomic mass is 10.2. The van der Waals surface area contributed by atoms with Gasteiger partial charge in [-0.2, -0.15) is 10.2 Å². The number of rotatable bonds is 6. The molecule has 0 spiro atoms. The maximum Gasteiger partial charge on any atom is 0.147 e. The number of aromatic nitrogens is 5. The summed E-state index contributed by atoms with van der Waals surface area (Å²) in [4.78, 5) is 6.73. The van der Waals surface area contributed by atoms with Crippen LogP contribution >= 0.6 is 0 Å². The maximum absolute atomic E-state index is 10.3. The van der Waals surface area contributed by atoms with Crippen LogP contribution in [-0.2, 0) is 13.1 Å². The predicted molar refractivity (Wildman–Crippen MR) is 82.3 cm³/mol. The van der Waals surface area contributed by atoms with Crippen LogP contribution in [0, 0.1) is 13.8 Å². The Morgan fingerprint density at radius 3 is 2.91 bits per heavy atom. The van der Waals surface area contributed by atoms with Gasteiger partial charge in [-0.25, -0.2) is 9.67 Å². The molecule has 0 radical (unpaired) electrons. The highest BCUT2D eigenvalue weighted by Gasteiger charge is 2.27. The second-order valence-corrected chi connectivity index (χ2v) is 6.06. The number of aliphatic hydroxyl groups is 1. The third kappa shape index (κ3) is 3.53. The Balaban J connectivity index is 1.57. The molecule has 1 N–H and O–H groups in total. The Hall–Kier alpha value is -1.73. The second kappa shape index (κ2) is 6.58. The number of aryl methyl sites for hydroxylation is 2. The Labute approximate surface area is 130 Å². The Bertz CT molecular complexity index is 593. The Morgan fingerprint density at radius 2 is 2.23 bits per heavy atom. The first kappa shape index (κ1) is 15.2. The molecule has 7 nitrogen and oxygen atoms in total. The van der Waals surface area contributed by atoms with E-state index < -0.39 is 6.10 Å². The van der Waals surface area contributed by atoms with E-state index in [0.29, 0.717) is 19.1 Å². The molecular weight excluding hydrogens is 280 g/mol. The summed E-state index contributed by atoms with van der Waals surface area (Å²) in [5, 5.41) is 18.9. The molecule has 120 valence electrons. The molecule has 0 saturated carbocycles. The van der Waals surface area contributed by atoms with E-state index in [1.54, 1.807) is 10.9 Å². The molecular formula is C15H24N6O. The van der Waals surface area contributed by atoms with E-state index in [2.05, 4.69) is 20.1 Å². The Kier molecular flexibility index (Phi) is 4.54. The van der Waals surface area contributed by atoms with Crippen LogP contribution in [0.2, 0.25) is 0 Å². The lowest BCUT2D eigenvalue weighted by molar-refractivity contribution is 0.0845. The minimum atomic E-state index is -0.404. The first-order valence-electron chi connectivity index (χ1n) is 7.89. The van der Waals surface area contributed by atoms with Gasteiger partial charge in [0.05, 0.1) is 19.2 Å². The molecule has 7 heteroatoms. The summed E-state index contributed by atoms with van der Waals surface area (Å²) >= 11 is 0. The highest BCUT2D eigenvalue weighted by molar-refractivity contribution is 4.90. The van der Waals surface area contributed by atoms with Crippen molar-refractivity contribution in [3.8, 4) is 0 Å². The number of β-amino-alcohol motifs (C(OH)–C–C–N with tert-alkyl or cyclic N) is 1. The van der Waals surface area contributed by atoms with Gasteiger partial charge in [0.15, 0.2) is 0 Å². The standard InChI is InChI=1S/C15H24N6O/c1-12-17-13(2)21(18-12)9-14-5-3-7-19(14)10-15(22)11-20-8-4-6-16-20/h4,6,8,14-15,22H,3,5,7,9-11H2,1-2H3/t14-,15+/m1/s1. The zero-order chi connectivity index (χ0) is 15.5. The van der Waals surface area contributed by atoms with Crippen molar-refractivity contribution in [1.29, 1.82) is 0 Å². The van der Waals surface area contributed by atoms with Crippen molar-refractivity contribution in [2.45, 2.75) is 51.9 Å². The van der Waals surface area contributed by atoms with E-state index >= 15 is 0 Å². The molecule has 0 unspecified atom stereocenters. The summed E-state index contributed by atoms with van der Waals surface area (Å²) in [6, 6.07) is 2.30. The van der Waals surface area contributed by atoms with E-state index in [4.69, 9.17) is 0 Å². The minimum Gasteiger partial charge on any atom is -0.390 e. The van der Waals surface area contributed by atoms with Crippen molar-refractivity contribution in [3.05, 3.63) is 30.1 Å². The predicted octanol–water partition coefficient (Wildman–Crippen LogP) is 0.617. The van der Waals surface area contributed by atoms with Crippen LogP contribution in [0.3, 0.4) is 0 Å². The summed E-state index contributed by atoms with van der Waals surface area (Å²) in [6.45, 7) is 7.01. The average Bonchev–Trinajstić information content (AvgIpc) is 3.16. The van der Waals surface area contributed by atoms with Gasteiger partial charge in [0.25, 0.3) is 0 Å². The Morgan fingerprint density at radius 1 is 1.36 bits per heavy atom. The lowest BCUT2D eigenvalue weighted by Crippen LogP contribution is -2.40. The molecule has 1 fully saturated rings. The topological polar surface area (TPSA) is 72.0 Å². The van der Waals surface area contributed by atoms with Crippen LogP contribution in [-0.4, -0.2) is 59.8 Å². The van der Waals surface area contributed by atoms with E-state index in [0.717, 1.165) is 31.2 Å². The molecule has 0 amide bonds. The van der Waals surface area contributed by atoms with Gasteiger partial charge in [0, 0.05) is 25.0 Å². The second-order valence-electron chi connectivity index (χ2n) is 6.06. The number of likely N-dealkylation sites (tertiary alicyclic amines) is 1. The molecule has 1 saturated heterocycles. The van der Waals surface area contributed by atoms with Crippen molar-refractivity contribution in [3.63, 3.8) is 0 Å². The SMILES string of the molecule is Cc1nc(C)n(C[C@H]2CCCN2C[C@H](O)Cn2cccn2)n1. The van der Waals surface area contributed by atoms with Crippen LogP contribution in [0.25, 0.3) is 0 Å². The van der Waals surface area contributed by atoms with E-state index in [-0.39, 0.29) is 0 Å². The van der Waals surface area contributed by atoms with Gasteiger partial charge in [0.1, 0.15) is 11.6 Å². The van der Waals surface area contributed by atoms with Crippen LogP contribution < -0.4 is 0 Å². The van der Waals surface area contributed by atoms with Gasteiger partial charge >= 0.3 is 0 Å². The van der Waals surface area contributed by atoms with Crippen LogP contribution in [0.1, 0.15) is 24.5 Å². The summed E-state index contributed by atoms with van der Waals surface area (Å²) in [5.41, 5.74) is 0. The van der Waals surface area contributed by atoms with Gasteiger partial charge in [-0.15, -0.1) is 0 Å². The van der Waals surface area contributed by atoms with Crippen molar-refractivity contribution in [1.82, 2.24) is 29.4 Å². The van der Waals surface area contributed by atoms with Crippen molar-refractivity contribution in [2.75, 3.05) is 13.1 Å². The van der Waals surface area contributed by atoms with E-state index in [1.165, 1.54) is 6.42 Å². The van der Waals surface area contributed by atoms with Gasteiger partial charge < -0.3 is 5.11 Å². The quantitative estimate of drug-likeness (QED) is 0.847. The summed E-state index contributed by atoms with van der Waals surface area (Å²) < 4.78 is 3.76. The average molecular weight is 304 g/mol. The van der Waals surface area contributed by atoms with Crippen molar-refractivity contribution >= 4 is 0 Å². The summed E-state index contributed by atoms with van der Waals surface area (Å²) in [6.07, 6.45) is 5.53.